The zero-order valence-electron chi connectivity index (χ0n) is 16.1. The van der Waals surface area contributed by atoms with Gasteiger partial charge in [-0.15, -0.1) is 0 Å². The molecule has 3 nitrogen and oxygen atoms in total. The first-order valence-corrected chi connectivity index (χ1v) is 9.86. The topological polar surface area (TPSA) is 37.4 Å². The quantitative estimate of drug-likeness (QED) is 0.583. The minimum Gasteiger partial charge on any atom is -0.274 e. The number of imide groups is 1. The Morgan fingerprint density at radius 3 is 2.00 bits per heavy atom. The minimum absolute atomic E-state index is 0.0480. The molecule has 0 N–H and O–H groups in total. The fourth-order valence-corrected chi connectivity index (χ4v) is 5.34. The van der Waals surface area contributed by atoms with Crippen LogP contribution in [0.3, 0.4) is 0 Å². The number of amides is 2. The molecule has 2 amide bonds. The van der Waals surface area contributed by atoms with Crippen LogP contribution in [0.25, 0.3) is 0 Å². The van der Waals surface area contributed by atoms with E-state index in [2.05, 4.69) is 31.2 Å². The Bertz CT molecular complexity index is 991. The molecule has 0 radical (unpaired) electrons. The third-order valence-electron chi connectivity index (χ3n) is 6.88. The van der Waals surface area contributed by atoms with E-state index >= 15 is 0 Å². The third kappa shape index (κ3) is 2.10. The number of hydrogen-bond acceptors (Lipinski definition) is 2. The highest BCUT2D eigenvalue weighted by molar-refractivity contribution is 6.11. The van der Waals surface area contributed by atoms with Crippen LogP contribution < -0.4 is 0 Å². The number of benzene rings is 2. The van der Waals surface area contributed by atoms with Gasteiger partial charge in [-0.2, -0.15) is 0 Å². The molecule has 1 saturated heterocycles. The van der Waals surface area contributed by atoms with Crippen molar-refractivity contribution in [2.75, 3.05) is 0 Å². The normalized spacial score (nSPS) is 34.0. The Kier molecular flexibility index (Phi) is 3.54. The monoisotopic (exact) mass is 369 g/mol. The molecule has 28 heavy (non-hydrogen) atoms. The average molecular weight is 369 g/mol. The summed E-state index contributed by atoms with van der Waals surface area (Å²) in [6.45, 7) is 4.10. The van der Waals surface area contributed by atoms with Crippen LogP contribution in [0.4, 0.5) is 0 Å². The molecule has 4 aliphatic rings. The lowest BCUT2D eigenvalue weighted by Crippen LogP contribution is -2.47. The number of allylic oxidation sites excluding steroid dienone is 2. The molecule has 1 heterocycles. The molecule has 0 saturated carbocycles. The van der Waals surface area contributed by atoms with Crippen LogP contribution in [0.5, 0.6) is 0 Å². The second-order valence-corrected chi connectivity index (χ2v) is 8.43. The van der Waals surface area contributed by atoms with Crippen molar-refractivity contribution in [3.8, 4) is 0 Å². The summed E-state index contributed by atoms with van der Waals surface area (Å²) in [6.07, 6.45) is 8.22. The summed E-state index contributed by atoms with van der Waals surface area (Å²) in [4.78, 5) is 28.8. The number of carbonyl (C=O) groups is 2. The van der Waals surface area contributed by atoms with Crippen LogP contribution >= 0.6 is 0 Å². The van der Waals surface area contributed by atoms with Crippen molar-refractivity contribution < 1.29 is 9.59 Å². The van der Waals surface area contributed by atoms with Gasteiger partial charge in [0, 0.05) is 11.3 Å². The summed E-state index contributed by atoms with van der Waals surface area (Å²) in [5.41, 5.74) is 0.960. The van der Waals surface area contributed by atoms with Crippen molar-refractivity contribution in [1.29, 1.82) is 0 Å². The molecule has 0 aromatic heterocycles. The predicted octanol–water partition coefficient (Wildman–Crippen LogP) is 4.65. The van der Waals surface area contributed by atoms with Crippen LogP contribution in [0.1, 0.15) is 36.9 Å². The molecular weight excluding hydrogens is 346 g/mol. The summed E-state index contributed by atoms with van der Waals surface area (Å²) in [5, 5.41) is 0. The van der Waals surface area contributed by atoms with E-state index in [1.54, 1.807) is 0 Å². The van der Waals surface area contributed by atoms with Gasteiger partial charge in [-0.05, 0) is 18.1 Å². The highest BCUT2D eigenvalue weighted by atomic mass is 16.2. The molecule has 6 rings (SSSR count). The molecule has 3 atom stereocenters. The van der Waals surface area contributed by atoms with Crippen LogP contribution in [0, 0.1) is 16.7 Å². The van der Waals surface area contributed by atoms with Gasteiger partial charge in [0.2, 0.25) is 11.8 Å². The first-order chi connectivity index (χ1) is 13.5. The first-order valence-electron chi connectivity index (χ1n) is 9.86. The van der Waals surface area contributed by atoms with E-state index in [0.29, 0.717) is 0 Å². The summed E-state index contributed by atoms with van der Waals surface area (Å²) in [7, 11) is 0. The van der Waals surface area contributed by atoms with Gasteiger partial charge < -0.3 is 0 Å². The van der Waals surface area contributed by atoms with Gasteiger partial charge in [0.15, 0.2) is 0 Å². The maximum Gasteiger partial charge on any atom is 0.244 e. The molecule has 1 spiro atoms. The fourth-order valence-electron chi connectivity index (χ4n) is 5.34. The Hall–Kier alpha value is -2.94. The molecule has 140 valence electrons. The number of likely N-dealkylation sites (tertiary alicyclic amines) is 1. The minimum atomic E-state index is -0.863. The van der Waals surface area contributed by atoms with E-state index in [1.807, 2.05) is 67.6 Å². The average Bonchev–Trinajstić information content (AvgIpc) is 2.95. The third-order valence-corrected chi connectivity index (χ3v) is 6.88. The molecule has 1 aliphatic heterocycles. The zero-order valence-corrected chi connectivity index (χ0v) is 16.1. The van der Waals surface area contributed by atoms with E-state index in [4.69, 9.17) is 0 Å². The number of rotatable bonds is 3. The van der Waals surface area contributed by atoms with Gasteiger partial charge in [-0.1, -0.05) is 91.9 Å². The van der Waals surface area contributed by atoms with Crippen molar-refractivity contribution in [1.82, 2.24) is 4.90 Å². The van der Waals surface area contributed by atoms with Crippen molar-refractivity contribution >= 4 is 11.8 Å². The number of hydrogen-bond donors (Lipinski definition) is 0. The molecule has 3 heteroatoms. The van der Waals surface area contributed by atoms with Crippen LogP contribution in [0.2, 0.25) is 0 Å². The summed E-state index contributed by atoms with van der Waals surface area (Å²) < 4.78 is 0. The van der Waals surface area contributed by atoms with Gasteiger partial charge >= 0.3 is 0 Å². The Morgan fingerprint density at radius 2 is 1.39 bits per heavy atom. The summed E-state index contributed by atoms with van der Waals surface area (Å²) in [6, 6.07) is 19.7. The molecule has 1 unspecified atom stereocenters. The molecular formula is C25H23NO2. The van der Waals surface area contributed by atoms with Crippen molar-refractivity contribution in [2.45, 2.75) is 25.8 Å². The van der Waals surface area contributed by atoms with E-state index < -0.39 is 11.3 Å². The molecule has 3 aliphatic carbocycles. The predicted molar refractivity (Wildman–Crippen MR) is 108 cm³/mol. The standard InChI is InChI=1S/C25H23NO2/c1-17(18-9-5-3-6-10-18)26-22(27)21-20(19-11-7-4-8-12-19)24(2)13-15-25(21,16-14-24)23(26)28/h3-17,20-21H,1-2H3/t17?,20-,21+,24?,25?/m0/s1. The van der Waals surface area contributed by atoms with Crippen molar-refractivity contribution in [3.63, 3.8) is 0 Å². The SMILES string of the molecule is CC(c1ccccc1)N1C(=O)[C@H]2[C@H](c3ccccc3)C3(C)C=CC2(C=C3)C1=O. The van der Waals surface area contributed by atoms with Gasteiger partial charge in [0.1, 0.15) is 0 Å². The Balaban J connectivity index is 1.64. The maximum atomic E-state index is 13.7. The van der Waals surface area contributed by atoms with Gasteiger partial charge in [0.05, 0.1) is 17.4 Å². The maximum absolute atomic E-state index is 13.7. The van der Waals surface area contributed by atoms with Gasteiger partial charge in [-0.3, -0.25) is 14.5 Å². The van der Waals surface area contributed by atoms with Crippen LogP contribution in [0.15, 0.2) is 85.0 Å². The summed E-state index contributed by atoms with van der Waals surface area (Å²) in [5.74, 6) is -0.606. The van der Waals surface area contributed by atoms with Crippen molar-refractivity contribution in [2.24, 2.45) is 16.7 Å². The molecule has 2 bridgehead atoms. The van der Waals surface area contributed by atoms with Crippen LogP contribution in [-0.4, -0.2) is 16.7 Å². The lowest BCUT2D eigenvalue weighted by Gasteiger charge is -2.48. The smallest absolute Gasteiger partial charge is 0.244 e. The molecule has 2 aromatic carbocycles. The van der Waals surface area contributed by atoms with Crippen LogP contribution in [-0.2, 0) is 9.59 Å². The van der Waals surface area contributed by atoms with Crippen molar-refractivity contribution in [3.05, 3.63) is 96.1 Å². The lowest BCUT2D eigenvalue weighted by molar-refractivity contribution is -0.142. The Morgan fingerprint density at radius 1 is 0.821 bits per heavy atom. The van der Waals surface area contributed by atoms with E-state index in [-0.39, 0.29) is 29.2 Å². The molecule has 2 aromatic rings. The second kappa shape index (κ2) is 5.78. The van der Waals surface area contributed by atoms with E-state index in [9.17, 15) is 9.59 Å². The summed E-state index contributed by atoms with van der Waals surface area (Å²) >= 11 is 0. The van der Waals surface area contributed by atoms with E-state index in [0.717, 1.165) is 11.1 Å². The second-order valence-electron chi connectivity index (χ2n) is 8.43. The zero-order chi connectivity index (χ0) is 19.5. The molecule has 1 fully saturated rings. The number of carbonyl (C=O) groups excluding carboxylic acids is 2. The fraction of sp³-hybridized carbons (Fsp3) is 0.280. The largest absolute Gasteiger partial charge is 0.274 e. The van der Waals surface area contributed by atoms with Gasteiger partial charge in [0.25, 0.3) is 0 Å². The Labute approximate surface area is 165 Å². The van der Waals surface area contributed by atoms with Gasteiger partial charge in [-0.25, -0.2) is 0 Å². The first kappa shape index (κ1) is 17.2. The lowest BCUT2D eigenvalue weighted by atomic mass is 9.51. The highest BCUT2D eigenvalue weighted by Gasteiger charge is 2.66. The van der Waals surface area contributed by atoms with E-state index in [1.165, 1.54) is 4.90 Å². The number of nitrogens with zero attached hydrogens (tertiary/aromatic N) is 1. The highest BCUT2D eigenvalue weighted by Crippen LogP contribution is 2.63.